The monoisotopic (exact) mass is 849 g/mol. The van der Waals surface area contributed by atoms with Gasteiger partial charge in [-0.15, -0.1) is 11.8 Å². The SMILES string of the molecule is Cc1ccc(S(=O)(=O)N2CC[C@@H]3[C@H](CO)Nc4ccc(-c5cccc(NCCCCCCCCSc6cccc7c6C(=O)N(C6CCC(=O)NC6=O)C7=O)c5)cc4[C@@H]32)cc1. The molecule has 12 nitrogen and oxygen atoms in total. The lowest BCUT2D eigenvalue weighted by atomic mass is 9.82. The van der Waals surface area contributed by atoms with Gasteiger partial charge in [0.2, 0.25) is 21.8 Å². The molecule has 0 saturated carbocycles. The number of rotatable bonds is 16. The highest BCUT2D eigenvalue weighted by atomic mass is 32.2. The molecule has 0 bridgehead atoms. The molecule has 2 saturated heterocycles. The fourth-order valence-corrected chi connectivity index (χ4v) is 11.8. The summed E-state index contributed by atoms with van der Waals surface area (Å²) in [6, 6.07) is 25.1. The van der Waals surface area contributed by atoms with Gasteiger partial charge in [0.15, 0.2) is 0 Å². The summed E-state index contributed by atoms with van der Waals surface area (Å²) >= 11 is 1.56. The Morgan fingerprint density at radius 3 is 2.37 bits per heavy atom. The highest BCUT2D eigenvalue weighted by Gasteiger charge is 2.49. The van der Waals surface area contributed by atoms with E-state index in [4.69, 9.17) is 0 Å². The van der Waals surface area contributed by atoms with Gasteiger partial charge in [0.25, 0.3) is 11.8 Å². The Morgan fingerprint density at radius 1 is 0.833 bits per heavy atom. The molecule has 4 atom stereocenters. The molecule has 2 fully saturated rings. The van der Waals surface area contributed by atoms with E-state index in [0.717, 1.165) is 94.2 Å². The first-order valence-electron chi connectivity index (χ1n) is 21.0. The number of hydrogen-bond acceptors (Lipinski definition) is 10. The Hall–Kier alpha value is -5.02. The number of thioether (sulfide) groups is 1. The summed E-state index contributed by atoms with van der Waals surface area (Å²) in [5.41, 5.74) is 6.52. The van der Waals surface area contributed by atoms with Crippen molar-refractivity contribution >= 4 is 56.8 Å². The number of benzene rings is 4. The molecule has 0 radical (unpaired) electrons. The van der Waals surface area contributed by atoms with Crippen LogP contribution in [0.15, 0.2) is 94.7 Å². The molecule has 4 aromatic rings. The van der Waals surface area contributed by atoms with Crippen molar-refractivity contribution < 1.29 is 32.7 Å². The number of nitrogens with zero attached hydrogens (tertiary/aromatic N) is 2. The molecule has 4 N–H and O–H groups in total. The van der Waals surface area contributed by atoms with Crippen molar-refractivity contribution in [1.29, 1.82) is 0 Å². The molecule has 4 amide bonds. The summed E-state index contributed by atoms with van der Waals surface area (Å²) in [4.78, 5) is 52.6. The van der Waals surface area contributed by atoms with Crippen LogP contribution in [0.1, 0.15) is 95.7 Å². The molecule has 14 heteroatoms. The third-order valence-electron chi connectivity index (χ3n) is 12.2. The Kier molecular flexibility index (Phi) is 12.4. The van der Waals surface area contributed by atoms with E-state index >= 15 is 0 Å². The summed E-state index contributed by atoms with van der Waals surface area (Å²) < 4.78 is 29.6. The van der Waals surface area contributed by atoms with Crippen molar-refractivity contribution in [2.75, 3.05) is 36.1 Å². The molecule has 1 unspecified atom stereocenters. The smallest absolute Gasteiger partial charge is 0.263 e. The van der Waals surface area contributed by atoms with Crippen LogP contribution in [0.4, 0.5) is 11.4 Å². The number of aliphatic hydroxyl groups excluding tert-OH is 1. The van der Waals surface area contributed by atoms with Crippen LogP contribution in [0.5, 0.6) is 0 Å². The Balaban J connectivity index is 0.803. The fourth-order valence-electron chi connectivity index (χ4n) is 9.08. The molecular formula is C46H51N5O7S2. The molecule has 0 aromatic heterocycles. The zero-order chi connectivity index (χ0) is 42.0. The average molecular weight is 850 g/mol. The number of amides is 4. The number of anilines is 2. The first-order chi connectivity index (χ1) is 29.0. The van der Waals surface area contributed by atoms with E-state index in [1.807, 2.05) is 37.3 Å². The number of hydrogen-bond donors (Lipinski definition) is 4. The van der Waals surface area contributed by atoms with Crippen LogP contribution in [-0.2, 0) is 19.6 Å². The number of imide groups is 2. The van der Waals surface area contributed by atoms with Crippen LogP contribution in [0.25, 0.3) is 11.1 Å². The summed E-state index contributed by atoms with van der Waals surface area (Å²) in [6.45, 7) is 3.10. The van der Waals surface area contributed by atoms with E-state index in [0.29, 0.717) is 24.1 Å². The molecule has 4 aliphatic rings. The van der Waals surface area contributed by atoms with E-state index < -0.39 is 39.7 Å². The third-order valence-corrected chi connectivity index (χ3v) is 15.3. The zero-order valence-electron chi connectivity index (χ0n) is 33.7. The Labute approximate surface area is 355 Å². The molecule has 4 heterocycles. The number of aryl methyl sites for hydroxylation is 1. The predicted molar refractivity (Wildman–Crippen MR) is 232 cm³/mol. The van der Waals surface area contributed by atoms with Crippen LogP contribution in [0.3, 0.4) is 0 Å². The van der Waals surface area contributed by atoms with Gasteiger partial charge in [0, 0.05) is 41.7 Å². The number of carbonyl (C=O) groups excluding carboxylic acids is 4. The normalized spacial score (nSPS) is 21.3. The molecule has 60 heavy (non-hydrogen) atoms. The van der Waals surface area contributed by atoms with Crippen LogP contribution in [0.2, 0.25) is 0 Å². The molecular weight excluding hydrogens is 799 g/mol. The van der Waals surface area contributed by atoms with E-state index in [2.05, 4.69) is 46.3 Å². The maximum Gasteiger partial charge on any atom is 0.263 e. The number of sulfonamides is 1. The molecule has 8 rings (SSSR count). The van der Waals surface area contributed by atoms with Crippen LogP contribution in [0, 0.1) is 12.8 Å². The van der Waals surface area contributed by atoms with Crippen molar-refractivity contribution in [2.24, 2.45) is 5.92 Å². The van der Waals surface area contributed by atoms with Gasteiger partial charge in [0.1, 0.15) is 6.04 Å². The second kappa shape index (κ2) is 17.9. The number of fused-ring (bicyclic) bond motifs is 4. The van der Waals surface area contributed by atoms with Crippen molar-refractivity contribution in [3.8, 4) is 11.1 Å². The second-order valence-electron chi connectivity index (χ2n) is 16.2. The van der Waals surface area contributed by atoms with Gasteiger partial charge >= 0.3 is 0 Å². The fraction of sp³-hybridized carbons (Fsp3) is 0.391. The van der Waals surface area contributed by atoms with E-state index in [1.165, 1.54) is 0 Å². The van der Waals surface area contributed by atoms with Gasteiger partial charge < -0.3 is 15.7 Å². The van der Waals surface area contributed by atoms with Crippen LogP contribution >= 0.6 is 11.8 Å². The first-order valence-corrected chi connectivity index (χ1v) is 23.4. The minimum Gasteiger partial charge on any atom is -0.394 e. The lowest BCUT2D eigenvalue weighted by Gasteiger charge is -2.39. The van der Waals surface area contributed by atoms with E-state index in [-0.39, 0.29) is 42.3 Å². The minimum atomic E-state index is -3.75. The summed E-state index contributed by atoms with van der Waals surface area (Å²) in [5, 5.41) is 19.6. The standard InChI is InChI=1S/C46H51N5O7S2/c1-29-14-17-33(18-15-29)60(57,58)50-24-22-34-38(28-52)48-37-19-16-31(27-36(37)43(34)50)30-10-8-11-32(26-30)47-23-6-4-2-3-5-7-25-59-40-13-9-12-35-42(40)46(56)51(45(35)55)39-20-21-41(53)49-44(39)54/h8-19,26-27,34,38-39,43,47-48,52H,2-7,20-25,28H2,1H3,(H,49,53,54)/t34-,38+,39?,43-/m1/s1. The maximum atomic E-state index is 14.0. The van der Waals surface area contributed by atoms with Gasteiger partial charge in [-0.3, -0.25) is 29.4 Å². The predicted octanol–water partition coefficient (Wildman–Crippen LogP) is 7.15. The van der Waals surface area contributed by atoms with E-state index in [9.17, 15) is 32.7 Å². The van der Waals surface area contributed by atoms with Crippen LogP contribution < -0.4 is 16.0 Å². The van der Waals surface area contributed by atoms with Crippen molar-refractivity contribution in [2.45, 2.75) is 92.6 Å². The Bertz CT molecular complexity index is 2410. The number of unbranched alkanes of at least 4 members (excludes halogenated alkanes) is 5. The van der Waals surface area contributed by atoms with Gasteiger partial charge in [-0.25, -0.2) is 8.42 Å². The first kappa shape index (κ1) is 41.7. The number of aliphatic hydroxyl groups is 1. The summed E-state index contributed by atoms with van der Waals surface area (Å²) in [6.07, 6.45) is 7.25. The number of piperidine rings is 1. The lowest BCUT2D eigenvalue weighted by Crippen LogP contribution is -2.54. The van der Waals surface area contributed by atoms with Gasteiger partial charge in [-0.1, -0.05) is 67.6 Å². The van der Waals surface area contributed by atoms with Gasteiger partial charge in [-0.2, -0.15) is 4.31 Å². The number of nitrogens with one attached hydrogen (secondary N) is 3. The minimum absolute atomic E-state index is 0.0540. The zero-order valence-corrected chi connectivity index (χ0v) is 35.3. The second-order valence-corrected chi connectivity index (χ2v) is 19.2. The van der Waals surface area contributed by atoms with Crippen molar-refractivity contribution in [3.63, 3.8) is 0 Å². The third kappa shape index (κ3) is 8.34. The highest BCUT2D eigenvalue weighted by molar-refractivity contribution is 7.99. The van der Waals surface area contributed by atoms with Crippen LogP contribution in [-0.4, -0.2) is 83.9 Å². The van der Waals surface area contributed by atoms with Crippen molar-refractivity contribution in [1.82, 2.24) is 14.5 Å². The topological polar surface area (TPSA) is 165 Å². The molecule has 0 spiro atoms. The quantitative estimate of drug-likeness (QED) is 0.0517. The highest BCUT2D eigenvalue weighted by Crippen LogP contribution is 2.49. The van der Waals surface area contributed by atoms with Gasteiger partial charge in [0.05, 0.1) is 34.7 Å². The number of carbonyl (C=O) groups is 4. The van der Waals surface area contributed by atoms with E-state index in [1.54, 1.807) is 40.3 Å². The molecule has 314 valence electrons. The largest absolute Gasteiger partial charge is 0.394 e. The maximum absolute atomic E-state index is 14.0. The Morgan fingerprint density at radius 2 is 1.58 bits per heavy atom. The van der Waals surface area contributed by atoms with Gasteiger partial charge in [-0.05, 0) is 104 Å². The van der Waals surface area contributed by atoms with Crippen molar-refractivity contribution in [3.05, 3.63) is 107 Å². The average Bonchev–Trinajstić information content (AvgIpc) is 3.81. The molecule has 0 aliphatic carbocycles. The summed E-state index contributed by atoms with van der Waals surface area (Å²) in [7, 11) is -3.75. The lowest BCUT2D eigenvalue weighted by molar-refractivity contribution is -0.136. The molecule has 4 aromatic carbocycles. The summed E-state index contributed by atoms with van der Waals surface area (Å²) in [5.74, 6) is -1.19. The molecule has 4 aliphatic heterocycles.